The number of piperidine rings is 1. The molecule has 6 heteroatoms. The average molecular weight is 356 g/mol. The average Bonchev–Trinajstić information content (AvgIpc) is 3.19. The standard InChI is InChI=1S/C20H28N4O2/c1-26-19-8-6-17(7-9-19)4-2-10-22-20(25)24-12-3-5-18(15-24)14-23-13-11-21-16-23/h6-9,11,13,16,18H,2-5,10,12,14-15H2,1H3,(H,22,25)/t18-/m0/s1. The van der Waals surface area contributed by atoms with E-state index in [1.807, 2.05) is 29.6 Å². The largest absolute Gasteiger partial charge is 0.497 e. The van der Waals surface area contributed by atoms with Gasteiger partial charge >= 0.3 is 6.03 Å². The second-order valence-electron chi connectivity index (χ2n) is 6.90. The summed E-state index contributed by atoms with van der Waals surface area (Å²) in [5.74, 6) is 1.38. The number of hydrogen-bond donors (Lipinski definition) is 1. The van der Waals surface area contributed by atoms with Crippen LogP contribution in [0.1, 0.15) is 24.8 Å². The van der Waals surface area contributed by atoms with Crippen LogP contribution in [0.2, 0.25) is 0 Å². The van der Waals surface area contributed by atoms with Crippen molar-refractivity contribution >= 4 is 6.03 Å². The predicted octanol–water partition coefficient (Wildman–Crippen LogP) is 2.95. The summed E-state index contributed by atoms with van der Waals surface area (Å²) in [6, 6.07) is 8.16. The molecule has 0 bridgehead atoms. The van der Waals surface area contributed by atoms with Crippen LogP contribution in [0, 0.1) is 5.92 Å². The van der Waals surface area contributed by atoms with Crippen molar-refractivity contribution in [2.45, 2.75) is 32.2 Å². The van der Waals surface area contributed by atoms with Gasteiger partial charge in [0.05, 0.1) is 13.4 Å². The van der Waals surface area contributed by atoms with Crippen molar-refractivity contribution < 1.29 is 9.53 Å². The summed E-state index contributed by atoms with van der Waals surface area (Å²) in [5, 5.41) is 3.07. The van der Waals surface area contributed by atoms with E-state index in [9.17, 15) is 4.79 Å². The number of nitrogens with zero attached hydrogens (tertiary/aromatic N) is 3. The Morgan fingerprint density at radius 3 is 2.92 bits per heavy atom. The molecule has 1 N–H and O–H groups in total. The van der Waals surface area contributed by atoms with E-state index in [0.717, 1.165) is 44.6 Å². The first-order valence-electron chi connectivity index (χ1n) is 9.36. The molecule has 1 aromatic heterocycles. The van der Waals surface area contributed by atoms with Crippen LogP contribution < -0.4 is 10.1 Å². The summed E-state index contributed by atoms with van der Waals surface area (Å²) < 4.78 is 7.27. The molecule has 26 heavy (non-hydrogen) atoms. The number of amides is 2. The maximum atomic E-state index is 12.4. The number of carbonyl (C=O) groups excluding carboxylic acids is 1. The van der Waals surface area contributed by atoms with E-state index < -0.39 is 0 Å². The van der Waals surface area contributed by atoms with Crippen LogP contribution >= 0.6 is 0 Å². The quantitative estimate of drug-likeness (QED) is 0.776. The molecule has 1 atom stereocenters. The van der Waals surface area contributed by atoms with Gasteiger partial charge in [-0.2, -0.15) is 0 Å². The maximum absolute atomic E-state index is 12.4. The van der Waals surface area contributed by atoms with Crippen molar-refractivity contribution in [2.75, 3.05) is 26.7 Å². The number of nitrogens with one attached hydrogen (secondary N) is 1. The molecule has 1 saturated heterocycles. The fourth-order valence-corrected chi connectivity index (χ4v) is 3.48. The molecule has 0 spiro atoms. The molecule has 2 amide bonds. The molecule has 1 aromatic carbocycles. The second-order valence-corrected chi connectivity index (χ2v) is 6.90. The van der Waals surface area contributed by atoms with Gasteiger partial charge in [0.1, 0.15) is 5.75 Å². The Bertz CT molecular complexity index is 670. The van der Waals surface area contributed by atoms with E-state index in [1.54, 1.807) is 13.3 Å². The Morgan fingerprint density at radius 2 is 2.19 bits per heavy atom. The van der Waals surface area contributed by atoms with Gasteiger partial charge in [0.25, 0.3) is 0 Å². The molecule has 2 aromatic rings. The van der Waals surface area contributed by atoms with Crippen LogP contribution in [-0.4, -0.2) is 47.2 Å². The van der Waals surface area contributed by atoms with Crippen molar-refractivity contribution in [3.8, 4) is 5.75 Å². The number of carbonyl (C=O) groups is 1. The Balaban J connectivity index is 1.37. The van der Waals surface area contributed by atoms with Gasteiger partial charge in [-0.3, -0.25) is 0 Å². The second kappa shape index (κ2) is 9.27. The zero-order valence-electron chi connectivity index (χ0n) is 15.4. The molecule has 1 fully saturated rings. The number of benzene rings is 1. The molecule has 140 valence electrons. The topological polar surface area (TPSA) is 59.4 Å². The van der Waals surface area contributed by atoms with Crippen LogP contribution in [0.4, 0.5) is 4.79 Å². The Kier molecular flexibility index (Phi) is 6.52. The van der Waals surface area contributed by atoms with Crippen LogP contribution in [-0.2, 0) is 13.0 Å². The first-order chi connectivity index (χ1) is 12.7. The lowest BCUT2D eigenvalue weighted by Crippen LogP contribution is -2.46. The van der Waals surface area contributed by atoms with Crippen molar-refractivity contribution in [3.05, 3.63) is 48.5 Å². The summed E-state index contributed by atoms with van der Waals surface area (Å²) in [6.45, 7) is 3.31. The van der Waals surface area contributed by atoms with Gasteiger partial charge in [-0.25, -0.2) is 9.78 Å². The van der Waals surface area contributed by atoms with Gasteiger partial charge in [-0.1, -0.05) is 12.1 Å². The van der Waals surface area contributed by atoms with Gasteiger partial charge in [0.15, 0.2) is 0 Å². The highest BCUT2D eigenvalue weighted by molar-refractivity contribution is 5.74. The molecule has 1 aliphatic heterocycles. The lowest BCUT2D eigenvalue weighted by Gasteiger charge is -2.33. The van der Waals surface area contributed by atoms with Gasteiger partial charge in [0, 0.05) is 38.6 Å². The SMILES string of the molecule is COc1ccc(CCCNC(=O)N2CCC[C@@H](Cn3ccnc3)C2)cc1. The summed E-state index contributed by atoms with van der Waals surface area (Å²) in [4.78, 5) is 18.5. The predicted molar refractivity (Wildman–Crippen MR) is 101 cm³/mol. The van der Waals surface area contributed by atoms with E-state index in [1.165, 1.54) is 12.0 Å². The number of ether oxygens (including phenoxy) is 1. The molecule has 0 aliphatic carbocycles. The summed E-state index contributed by atoms with van der Waals surface area (Å²) >= 11 is 0. The third-order valence-electron chi connectivity index (χ3n) is 4.91. The Morgan fingerprint density at radius 1 is 1.35 bits per heavy atom. The normalized spacial score (nSPS) is 17.1. The van der Waals surface area contributed by atoms with E-state index in [-0.39, 0.29) is 6.03 Å². The molecule has 0 saturated carbocycles. The van der Waals surface area contributed by atoms with Crippen LogP contribution in [0.15, 0.2) is 43.0 Å². The summed E-state index contributed by atoms with van der Waals surface area (Å²) in [6.07, 6.45) is 9.75. The van der Waals surface area contributed by atoms with E-state index >= 15 is 0 Å². The zero-order valence-corrected chi connectivity index (χ0v) is 15.4. The number of hydrogen-bond acceptors (Lipinski definition) is 3. The number of urea groups is 1. The monoisotopic (exact) mass is 356 g/mol. The van der Waals surface area contributed by atoms with E-state index in [0.29, 0.717) is 12.5 Å². The van der Waals surface area contributed by atoms with Gasteiger partial charge in [0.2, 0.25) is 0 Å². The third-order valence-corrected chi connectivity index (χ3v) is 4.91. The number of rotatable bonds is 7. The van der Waals surface area contributed by atoms with Crippen molar-refractivity contribution in [3.63, 3.8) is 0 Å². The Labute approximate surface area is 155 Å². The molecule has 0 unspecified atom stereocenters. The minimum absolute atomic E-state index is 0.0649. The smallest absolute Gasteiger partial charge is 0.317 e. The minimum atomic E-state index is 0.0649. The lowest BCUT2D eigenvalue weighted by molar-refractivity contribution is 0.159. The zero-order chi connectivity index (χ0) is 18.2. The third kappa shape index (κ3) is 5.25. The van der Waals surface area contributed by atoms with Crippen LogP contribution in [0.25, 0.3) is 0 Å². The number of likely N-dealkylation sites (tertiary alicyclic amines) is 1. The van der Waals surface area contributed by atoms with Crippen molar-refractivity contribution in [1.29, 1.82) is 0 Å². The highest BCUT2D eigenvalue weighted by Crippen LogP contribution is 2.18. The lowest BCUT2D eigenvalue weighted by atomic mass is 9.98. The van der Waals surface area contributed by atoms with Gasteiger partial charge in [-0.15, -0.1) is 0 Å². The molecule has 6 nitrogen and oxygen atoms in total. The first kappa shape index (κ1) is 18.3. The molecule has 2 heterocycles. The van der Waals surface area contributed by atoms with Crippen molar-refractivity contribution in [2.24, 2.45) is 5.92 Å². The van der Waals surface area contributed by atoms with Gasteiger partial charge in [-0.05, 0) is 49.3 Å². The number of aryl methyl sites for hydroxylation is 1. The van der Waals surface area contributed by atoms with Crippen molar-refractivity contribution in [1.82, 2.24) is 19.8 Å². The summed E-state index contributed by atoms with van der Waals surface area (Å²) in [7, 11) is 1.67. The first-order valence-corrected chi connectivity index (χ1v) is 9.36. The Hall–Kier alpha value is -2.50. The van der Waals surface area contributed by atoms with E-state index in [2.05, 4.69) is 27.0 Å². The van der Waals surface area contributed by atoms with Crippen LogP contribution in [0.3, 0.4) is 0 Å². The number of imidazole rings is 1. The maximum Gasteiger partial charge on any atom is 0.317 e. The fourth-order valence-electron chi connectivity index (χ4n) is 3.48. The minimum Gasteiger partial charge on any atom is -0.497 e. The van der Waals surface area contributed by atoms with Gasteiger partial charge < -0.3 is 19.5 Å². The molecular formula is C20H28N4O2. The highest BCUT2D eigenvalue weighted by atomic mass is 16.5. The summed E-state index contributed by atoms with van der Waals surface area (Å²) in [5.41, 5.74) is 1.26. The van der Waals surface area contributed by atoms with Crippen LogP contribution in [0.5, 0.6) is 5.75 Å². The number of aromatic nitrogens is 2. The fraction of sp³-hybridized carbons (Fsp3) is 0.500. The molecular weight excluding hydrogens is 328 g/mol. The molecule has 3 rings (SSSR count). The number of methoxy groups -OCH3 is 1. The highest BCUT2D eigenvalue weighted by Gasteiger charge is 2.23. The molecule has 1 aliphatic rings. The van der Waals surface area contributed by atoms with E-state index in [4.69, 9.17) is 4.74 Å². The molecule has 0 radical (unpaired) electrons.